The van der Waals surface area contributed by atoms with Crippen LogP contribution in [0.2, 0.25) is 0 Å². The van der Waals surface area contributed by atoms with Crippen LogP contribution in [-0.2, 0) is 17.9 Å². The molecule has 0 aliphatic carbocycles. The van der Waals surface area contributed by atoms with E-state index in [0.717, 1.165) is 30.6 Å². The number of nitrogens with one attached hydrogen (secondary N) is 2. The quantitative estimate of drug-likeness (QED) is 0.833. The smallest absolute Gasteiger partial charge is 0.220 e. The van der Waals surface area contributed by atoms with E-state index in [4.69, 9.17) is 0 Å². The molecule has 6 nitrogen and oxygen atoms in total. The van der Waals surface area contributed by atoms with Gasteiger partial charge in [-0.15, -0.1) is 0 Å². The average molecular weight is 299 g/mol. The van der Waals surface area contributed by atoms with Crippen LogP contribution in [0.3, 0.4) is 0 Å². The van der Waals surface area contributed by atoms with Gasteiger partial charge in [0.15, 0.2) is 0 Å². The molecule has 116 valence electrons. The highest BCUT2D eigenvalue weighted by Crippen LogP contribution is 2.13. The van der Waals surface area contributed by atoms with E-state index < -0.39 is 0 Å². The summed E-state index contributed by atoms with van der Waals surface area (Å²) < 4.78 is 1.78. The molecule has 1 aromatic carbocycles. The second-order valence-corrected chi connectivity index (χ2v) is 5.70. The minimum atomic E-state index is 0.129. The van der Waals surface area contributed by atoms with Crippen molar-refractivity contribution >= 4 is 5.91 Å². The maximum atomic E-state index is 12.0. The van der Waals surface area contributed by atoms with Crippen molar-refractivity contribution in [3.63, 3.8) is 0 Å². The molecule has 2 aromatic rings. The van der Waals surface area contributed by atoms with E-state index in [-0.39, 0.29) is 5.91 Å². The van der Waals surface area contributed by atoms with E-state index in [1.54, 1.807) is 11.0 Å². The van der Waals surface area contributed by atoms with E-state index in [1.165, 1.54) is 6.33 Å². The van der Waals surface area contributed by atoms with Crippen LogP contribution in [0.1, 0.15) is 24.0 Å². The largest absolute Gasteiger partial charge is 0.352 e. The summed E-state index contributed by atoms with van der Waals surface area (Å²) in [5.41, 5.74) is 2.27. The molecule has 1 atom stereocenters. The third-order valence-electron chi connectivity index (χ3n) is 4.03. The summed E-state index contributed by atoms with van der Waals surface area (Å²) in [5.74, 6) is 0.606. The van der Waals surface area contributed by atoms with Crippen LogP contribution >= 0.6 is 0 Å². The first kappa shape index (κ1) is 14.7. The van der Waals surface area contributed by atoms with Gasteiger partial charge in [0.2, 0.25) is 5.91 Å². The Balaban J connectivity index is 1.56. The van der Waals surface area contributed by atoms with Crippen LogP contribution in [0.4, 0.5) is 0 Å². The van der Waals surface area contributed by atoms with Gasteiger partial charge in [-0.2, -0.15) is 5.10 Å². The molecular formula is C16H21N5O. The van der Waals surface area contributed by atoms with Crippen molar-refractivity contribution in [2.24, 2.45) is 5.92 Å². The molecule has 0 bridgehead atoms. The van der Waals surface area contributed by atoms with Crippen LogP contribution in [0.5, 0.6) is 0 Å². The van der Waals surface area contributed by atoms with Gasteiger partial charge < -0.3 is 10.6 Å². The van der Waals surface area contributed by atoms with Crippen molar-refractivity contribution in [3.05, 3.63) is 48.0 Å². The van der Waals surface area contributed by atoms with Gasteiger partial charge in [0, 0.05) is 13.0 Å². The highest BCUT2D eigenvalue weighted by atomic mass is 16.1. The van der Waals surface area contributed by atoms with Crippen molar-refractivity contribution in [3.8, 4) is 0 Å². The van der Waals surface area contributed by atoms with Crippen LogP contribution in [0, 0.1) is 5.92 Å². The van der Waals surface area contributed by atoms with Crippen molar-refractivity contribution in [1.82, 2.24) is 25.4 Å². The maximum Gasteiger partial charge on any atom is 0.220 e. The lowest BCUT2D eigenvalue weighted by molar-refractivity contribution is -0.122. The van der Waals surface area contributed by atoms with Gasteiger partial charge in [-0.25, -0.2) is 9.67 Å². The van der Waals surface area contributed by atoms with Crippen molar-refractivity contribution in [2.45, 2.75) is 25.9 Å². The lowest BCUT2D eigenvalue weighted by atomic mass is 10.0. The summed E-state index contributed by atoms with van der Waals surface area (Å²) in [6.07, 6.45) is 4.93. The molecule has 22 heavy (non-hydrogen) atoms. The summed E-state index contributed by atoms with van der Waals surface area (Å²) in [6.45, 7) is 3.21. The summed E-state index contributed by atoms with van der Waals surface area (Å²) in [4.78, 5) is 16.0. The Morgan fingerprint density at radius 2 is 2.23 bits per heavy atom. The highest BCUT2D eigenvalue weighted by Gasteiger charge is 2.17. The fraction of sp³-hybridized carbons (Fsp3) is 0.438. The van der Waals surface area contributed by atoms with Gasteiger partial charge >= 0.3 is 0 Å². The maximum absolute atomic E-state index is 12.0. The number of amides is 1. The second kappa shape index (κ2) is 7.17. The van der Waals surface area contributed by atoms with E-state index in [1.807, 2.05) is 18.2 Å². The van der Waals surface area contributed by atoms with Crippen LogP contribution in [-0.4, -0.2) is 33.8 Å². The Morgan fingerprint density at radius 3 is 2.95 bits per heavy atom. The fourth-order valence-electron chi connectivity index (χ4n) is 2.79. The Hall–Kier alpha value is -2.21. The summed E-state index contributed by atoms with van der Waals surface area (Å²) >= 11 is 0. The Morgan fingerprint density at radius 1 is 1.36 bits per heavy atom. The minimum absolute atomic E-state index is 0.129. The van der Waals surface area contributed by atoms with E-state index in [0.29, 0.717) is 25.4 Å². The number of benzene rings is 1. The first-order valence-electron chi connectivity index (χ1n) is 7.68. The molecule has 1 aromatic heterocycles. The van der Waals surface area contributed by atoms with Gasteiger partial charge in [0.25, 0.3) is 0 Å². The van der Waals surface area contributed by atoms with E-state index >= 15 is 0 Å². The fourth-order valence-corrected chi connectivity index (χ4v) is 2.79. The van der Waals surface area contributed by atoms with Gasteiger partial charge in [-0.3, -0.25) is 4.79 Å². The molecule has 1 aliphatic heterocycles. The van der Waals surface area contributed by atoms with Gasteiger partial charge in [-0.05, 0) is 36.6 Å². The Bertz CT molecular complexity index is 605. The number of aromatic nitrogens is 3. The van der Waals surface area contributed by atoms with Crippen LogP contribution < -0.4 is 10.6 Å². The number of rotatable bonds is 6. The first-order chi connectivity index (χ1) is 10.8. The molecule has 3 rings (SSSR count). The number of carbonyl (C=O) groups excluding carboxylic acids is 1. The summed E-state index contributed by atoms with van der Waals surface area (Å²) in [6, 6.07) is 8.10. The third-order valence-corrected chi connectivity index (χ3v) is 4.03. The summed E-state index contributed by atoms with van der Waals surface area (Å²) in [7, 11) is 0. The van der Waals surface area contributed by atoms with Crippen LogP contribution in [0.15, 0.2) is 36.9 Å². The number of hydrogen-bond donors (Lipinski definition) is 2. The average Bonchev–Trinajstić information content (AvgIpc) is 3.20. The molecule has 2 N–H and O–H groups in total. The molecule has 2 heterocycles. The molecule has 1 unspecified atom stereocenters. The highest BCUT2D eigenvalue weighted by molar-refractivity contribution is 5.76. The van der Waals surface area contributed by atoms with Crippen molar-refractivity contribution in [1.29, 1.82) is 0 Å². The minimum Gasteiger partial charge on any atom is -0.352 e. The summed E-state index contributed by atoms with van der Waals surface area (Å²) in [5, 5.41) is 10.5. The third kappa shape index (κ3) is 3.92. The molecule has 1 aliphatic rings. The molecule has 1 amide bonds. The van der Waals surface area contributed by atoms with E-state index in [9.17, 15) is 4.79 Å². The van der Waals surface area contributed by atoms with Crippen LogP contribution in [0.25, 0.3) is 0 Å². The SMILES string of the molecule is O=C(CC1CCNC1)NCc1ccccc1Cn1cncn1. The molecule has 0 radical (unpaired) electrons. The molecule has 1 saturated heterocycles. The monoisotopic (exact) mass is 299 g/mol. The lowest BCUT2D eigenvalue weighted by Crippen LogP contribution is -2.26. The predicted molar refractivity (Wildman–Crippen MR) is 83.0 cm³/mol. The van der Waals surface area contributed by atoms with Gasteiger partial charge in [-0.1, -0.05) is 24.3 Å². The lowest BCUT2D eigenvalue weighted by Gasteiger charge is -2.12. The molecule has 0 saturated carbocycles. The Kier molecular flexibility index (Phi) is 4.80. The zero-order valence-electron chi connectivity index (χ0n) is 12.5. The first-order valence-corrected chi connectivity index (χ1v) is 7.68. The zero-order valence-corrected chi connectivity index (χ0v) is 12.5. The predicted octanol–water partition coefficient (Wildman–Crippen LogP) is 0.942. The molecule has 6 heteroatoms. The number of carbonyl (C=O) groups is 1. The normalized spacial score (nSPS) is 17.5. The van der Waals surface area contributed by atoms with Crippen molar-refractivity contribution < 1.29 is 4.79 Å². The second-order valence-electron chi connectivity index (χ2n) is 5.70. The number of nitrogens with zero attached hydrogens (tertiary/aromatic N) is 3. The van der Waals surface area contributed by atoms with Gasteiger partial charge in [0.1, 0.15) is 12.7 Å². The standard InChI is InChI=1S/C16H21N5O/c22-16(7-13-5-6-17-8-13)19-9-14-3-1-2-4-15(14)10-21-12-18-11-20-21/h1-4,11-13,17H,5-10H2,(H,19,22). The Labute approximate surface area is 129 Å². The topological polar surface area (TPSA) is 71.8 Å². The van der Waals surface area contributed by atoms with Crippen molar-refractivity contribution in [2.75, 3.05) is 13.1 Å². The molecular weight excluding hydrogens is 278 g/mol. The molecule has 0 spiro atoms. The number of hydrogen-bond acceptors (Lipinski definition) is 4. The zero-order chi connectivity index (χ0) is 15.2. The van der Waals surface area contributed by atoms with Gasteiger partial charge in [0.05, 0.1) is 6.54 Å². The van der Waals surface area contributed by atoms with E-state index in [2.05, 4.69) is 26.8 Å². The molecule has 1 fully saturated rings.